The molecule has 0 saturated heterocycles. The summed E-state index contributed by atoms with van der Waals surface area (Å²) in [6, 6.07) is 57.1. The molecular weight excluding hydrogens is 1760 g/mol. The zero-order valence-corrected chi connectivity index (χ0v) is 80.1. The molecule has 0 radical (unpaired) electrons. The van der Waals surface area contributed by atoms with Crippen LogP contribution in [0.25, 0.3) is 64.6 Å². The molecule has 15 rings (SSSR count). The van der Waals surface area contributed by atoms with Crippen molar-refractivity contribution in [2.24, 2.45) is 11.8 Å². The van der Waals surface area contributed by atoms with E-state index < -0.39 is 94.6 Å². The fourth-order valence-electron chi connectivity index (χ4n) is 17.2. The minimum Gasteiger partial charge on any atom is -0.494 e. The fraction of sp³-hybridized carbons (Fsp3) is 0.286. The molecule has 2 N–H and O–H groups in total. The van der Waals surface area contributed by atoms with Gasteiger partial charge in [0.05, 0.1) is 72.9 Å². The lowest BCUT2D eigenvalue weighted by Crippen LogP contribution is -2.54. The Morgan fingerprint density at radius 3 is 0.727 bits per heavy atom. The van der Waals surface area contributed by atoms with Gasteiger partial charge in [0.1, 0.15) is 81.1 Å². The number of benzene rings is 13. The van der Waals surface area contributed by atoms with Gasteiger partial charge in [-0.25, -0.2) is 0 Å². The van der Waals surface area contributed by atoms with Gasteiger partial charge in [0.25, 0.3) is 23.6 Å². The largest absolute Gasteiger partial charge is 0.503 e. The summed E-state index contributed by atoms with van der Waals surface area (Å²) >= 11 is 0. The van der Waals surface area contributed by atoms with Gasteiger partial charge in [-0.05, 0) is 156 Å². The summed E-state index contributed by atoms with van der Waals surface area (Å²) in [7, 11) is 5.73. The maximum Gasteiger partial charge on any atom is 0.503 e. The molecule has 2 aliphatic rings. The smallest absolute Gasteiger partial charge is 0.494 e. The molecule has 2 atom stereocenters. The van der Waals surface area contributed by atoms with Crippen LogP contribution in [0.4, 0.5) is 11.4 Å². The Bertz CT molecular complexity index is 5730. The number of rotatable bonds is 44. The highest BCUT2D eigenvalue weighted by molar-refractivity contribution is 6.62. The minimum absolute atomic E-state index is 0.0539. The van der Waals surface area contributed by atoms with E-state index in [2.05, 4.69) is 10.6 Å². The van der Waals surface area contributed by atoms with Crippen molar-refractivity contribution in [3.8, 4) is 69.0 Å². The number of nitrogens with one attached hydrogen (secondary N) is 2. The highest BCUT2D eigenvalue weighted by atomic mass is 28.4. The van der Waals surface area contributed by atoms with Gasteiger partial charge >= 0.3 is 35.2 Å². The van der Waals surface area contributed by atoms with E-state index in [1.165, 1.54) is 110 Å². The molecule has 30 nitrogen and oxygen atoms in total. The van der Waals surface area contributed by atoms with Crippen LogP contribution in [0.1, 0.15) is 69.1 Å². The zero-order chi connectivity index (χ0) is 93.5. The number of nitrogens with zero attached hydrogens (tertiary/aromatic N) is 2. The summed E-state index contributed by atoms with van der Waals surface area (Å²) in [5.41, 5.74) is 0.469. The molecule has 0 fully saturated rings. The molecule has 0 saturated carbocycles. The lowest BCUT2D eigenvalue weighted by molar-refractivity contribution is -0.121. The zero-order valence-electron chi connectivity index (χ0n) is 76.1. The topological polar surface area (TPSA) is 318 Å². The van der Waals surface area contributed by atoms with E-state index in [1.54, 1.807) is 149 Å². The minimum atomic E-state index is -3.11. The van der Waals surface area contributed by atoms with Crippen LogP contribution in [0, 0.1) is 11.8 Å². The Morgan fingerprint density at radius 1 is 0.280 bits per heavy atom. The quantitative estimate of drug-likeness (QED) is 0.0155. The molecule has 0 aliphatic carbocycles. The van der Waals surface area contributed by atoms with Gasteiger partial charge in [-0.2, -0.15) is 0 Å². The Kier molecular flexibility index (Phi) is 28.9. The van der Waals surface area contributed by atoms with Crippen LogP contribution in [-0.4, -0.2) is 204 Å². The maximum atomic E-state index is 16.9. The average molecular weight is 1870 g/mol. The number of anilines is 2. The van der Waals surface area contributed by atoms with Gasteiger partial charge in [0, 0.05) is 151 Å². The van der Waals surface area contributed by atoms with Gasteiger partial charge in [0.2, 0.25) is 11.8 Å². The molecular formula is C98H104N4O26Si4. The Labute approximate surface area is 767 Å². The monoisotopic (exact) mass is 1860 g/mol. The number of fused-ring (bicyclic) bond motifs is 4. The molecule has 2 aliphatic heterocycles. The molecule has 13 aromatic rings. The van der Waals surface area contributed by atoms with E-state index >= 15 is 28.8 Å². The summed E-state index contributed by atoms with van der Waals surface area (Å²) in [6.07, 6.45) is 0. The molecule has 6 amide bonds. The van der Waals surface area contributed by atoms with Crippen molar-refractivity contribution < 1.29 is 120 Å². The van der Waals surface area contributed by atoms with Crippen LogP contribution in [-0.2, 0) is 62.7 Å². The second-order valence-corrected chi connectivity index (χ2v) is 44.3. The van der Waals surface area contributed by atoms with Crippen molar-refractivity contribution >= 4 is 147 Å². The highest BCUT2D eigenvalue weighted by Crippen LogP contribution is 2.59. The number of amides is 6. The predicted octanol–water partition coefficient (Wildman–Crippen LogP) is 18.8. The van der Waals surface area contributed by atoms with Crippen molar-refractivity contribution in [2.45, 2.75) is 64.0 Å². The first-order chi connectivity index (χ1) is 63.8. The van der Waals surface area contributed by atoms with Crippen LogP contribution in [0.15, 0.2) is 206 Å². The molecule has 2 unspecified atom stereocenters. The summed E-state index contributed by atoms with van der Waals surface area (Å²) in [4.78, 5) is 101. The van der Waals surface area contributed by atoms with Crippen molar-refractivity contribution in [3.05, 3.63) is 229 Å². The number of hydrogen-bond acceptors (Lipinski definition) is 26. The van der Waals surface area contributed by atoms with E-state index in [-0.39, 0.29) is 162 Å². The second-order valence-electron chi connectivity index (χ2n) is 31.9. The molecule has 0 spiro atoms. The summed E-state index contributed by atoms with van der Waals surface area (Å²) in [5.74, 6) is -4.16. The van der Waals surface area contributed by atoms with Crippen molar-refractivity contribution in [1.82, 2.24) is 9.80 Å². The standard InChI is InChI=1S/C98H104N4O26Si4/c1-59(2)91(93(103)99-77-29-21-25-61-23-17-19-27-71(61)77)101-95(105)73-55-79(125-67-39-31-63(32-40-67)121-47-51-129(109-5,110-6)111-7)85-87-81(127-69-43-35-65(36-44-69)123-49-53-131(115-11,116-12)117-13)57-75-84-76(98(108)102(97(75)107)92(60(3)4)94(104)100-78-30-22-26-62-24-18-20-28-72(62)78)58-82(128-70-45-37-66(38-46-70)124-50-54-132(118-14,119-15)120-16)88(90(84)87)86-80(56-74(96(101)106)83(73)89(85)86)126-68-41-33-64(34-42-68)122-48-52-130(112-8,113-9)114-10/h17-46,55-60,91-92H,47-54H2,1-16H3,(H,99,103)(H,100,104). The lowest BCUT2D eigenvalue weighted by Gasteiger charge is -2.37. The van der Waals surface area contributed by atoms with E-state index in [1.807, 2.05) is 60.7 Å². The molecule has 34 heteroatoms. The van der Waals surface area contributed by atoms with Gasteiger partial charge in [-0.3, -0.25) is 38.6 Å². The number of ether oxygens (including phenoxy) is 8. The van der Waals surface area contributed by atoms with Crippen LogP contribution >= 0.6 is 0 Å². The summed E-state index contributed by atoms with van der Waals surface area (Å²) in [5, 5.41) is 10.3. The first kappa shape index (κ1) is 94.3. The van der Waals surface area contributed by atoms with E-state index in [9.17, 15) is 0 Å². The van der Waals surface area contributed by atoms with Crippen molar-refractivity contribution in [3.63, 3.8) is 0 Å². The average Bonchev–Trinajstić information content (AvgIpc) is 0.668. The van der Waals surface area contributed by atoms with E-state index in [0.29, 0.717) is 45.1 Å². The first-order valence-corrected chi connectivity index (χ1v) is 50.5. The number of carbonyl (C=O) groups is 6. The normalized spacial score (nSPS) is 13.6. The predicted molar refractivity (Wildman–Crippen MR) is 505 cm³/mol. The molecule has 132 heavy (non-hydrogen) atoms. The first-order valence-electron chi connectivity index (χ1n) is 42.8. The van der Waals surface area contributed by atoms with Gasteiger partial charge < -0.3 is 102 Å². The Balaban J connectivity index is 1.03. The summed E-state index contributed by atoms with van der Waals surface area (Å²) < 4.78 is 123. The number of imide groups is 2. The van der Waals surface area contributed by atoms with Gasteiger partial charge in [-0.1, -0.05) is 100 Å². The van der Waals surface area contributed by atoms with E-state index in [0.717, 1.165) is 20.6 Å². The third-order valence-electron chi connectivity index (χ3n) is 24.1. The Morgan fingerprint density at radius 2 is 0.500 bits per heavy atom. The maximum absolute atomic E-state index is 16.9. The van der Waals surface area contributed by atoms with Crippen LogP contribution in [0.2, 0.25) is 24.2 Å². The van der Waals surface area contributed by atoms with Gasteiger partial charge in [-0.15, -0.1) is 0 Å². The highest BCUT2D eigenvalue weighted by Gasteiger charge is 2.49. The summed E-state index contributed by atoms with van der Waals surface area (Å²) in [6.45, 7) is 7.49. The molecule has 0 aromatic heterocycles. The third-order valence-corrected chi connectivity index (χ3v) is 34.8. The second kappa shape index (κ2) is 40.4. The van der Waals surface area contributed by atoms with E-state index in [4.69, 9.17) is 91.0 Å². The van der Waals surface area contributed by atoms with Crippen LogP contribution in [0.5, 0.6) is 69.0 Å². The number of hydrogen-bond donors (Lipinski definition) is 2. The number of carbonyl (C=O) groups excluding carboxylic acids is 6. The Hall–Kier alpha value is -12.3. The SMILES string of the molecule is CO[Si](CCOc1ccc(Oc2cc3c4c(cc(Oc5ccc(OCC[Si](OC)(OC)OC)cc5)c5c6c(Oc7ccc(OCC[Si](OC)(OC)OC)cc7)cc7c8c(cc(Oc9ccc(OCC[Si](OC)(OC)OC)cc9)c(c2c45)c86)C(=O)N(C(C(=O)Nc2cccc4ccccc24)C(C)C)C7=O)C(=O)N(C(C(=O)Nc2cccc4ccccc24)C(C)C)C3=O)cc1)(OC)OC. The molecule has 0 bridgehead atoms. The van der Waals surface area contributed by atoms with Crippen molar-refractivity contribution in [1.29, 1.82) is 0 Å². The van der Waals surface area contributed by atoms with Gasteiger partial charge in [0.15, 0.2) is 0 Å². The lowest BCUT2D eigenvalue weighted by atomic mass is 9.80. The van der Waals surface area contributed by atoms with Crippen LogP contribution < -0.4 is 48.5 Å². The molecule has 13 aromatic carbocycles. The van der Waals surface area contributed by atoms with Crippen LogP contribution in [0.3, 0.4) is 0 Å². The molecule has 688 valence electrons. The third kappa shape index (κ3) is 18.6. The fourth-order valence-corrected chi connectivity index (χ4v) is 23.1. The van der Waals surface area contributed by atoms with Crippen molar-refractivity contribution in [2.75, 3.05) is 122 Å². The molecule has 2 heterocycles.